The molecule has 1 saturated heterocycles. The van der Waals surface area contributed by atoms with Crippen LogP contribution in [0.3, 0.4) is 0 Å². The molecule has 24 heavy (non-hydrogen) atoms. The Morgan fingerprint density at radius 3 is 2.71 bits per heavy atom. The Bertz CT molecular complexity index is 755. The van der Waals surface area contributed by atoms with Crippen LogP contribution in [-0.4, -0.2) is 35.1 Å². The number of aromatic nitrogens is 1. The van der Waals surface area contributed by atoms with Crippen molar-refractivity contribution in [1.82, 2.24) is 9.88 Å². The van der Waals surface area contributed by atoms with Crippen LogP contribution in [0.5, 0.6) is 0 Å². The molecule has 1 N–H and O–H groups in total. The lowest BCUT2D eigenvalue weighted by atomic mass is 9.72. The highest BCUT2D eigenvalue weighted by molar-refractivity contribution is 6.30. The molecule has 1 fully saturated rings. The molecule has 0 radical (unpaired) electrons. The van der Waals surface area contributed by atoms with Crippen LogP contribution < -0.4 is 0 Å². The summed E-state index contributed by atoms with van der Waals surface area (Å²) in [5.74, 6) is 0.181. The molecular formula is C20H23ClN2O. The first kappa shape index (κ1) is 16.1. The highest BCUT2D eigenvalue weighted by Gasteiger charge is 2.45. The second-order valence-corrected chi connectivity index (χ2v) is 7.59. The molecule has 1 aromatic carbocycles. The third-order valence-electron chi connectivity index (χ3n) is 5.70. The number of hydrogen-bond donors (Lipinski definition) is 1. The number of likely N-dealkylation sites (tertiary alicyclic amines) is 1. The Morgan fingerprint density at radius 1 is 1.17 bits per heavy atom. The number of fused-ring (bicyclic) bond motifs is 2. The molecule has 1 aromatic heterocycles. The lowest BCUT2D eigenvalue weighted by Crippen LogP contribution is -2.44. The molecule has 1 atom stereocenters. The van der Waals surface area contributed by atoms with E-state index < -0.39 is 5.60 Å². The van der Waals surface area contributed by atoms with Crippen LogP contribution in [0, 0.1) is 5.92 Å². The number of halogens is 1. The fraction of sp³-hybridized carbons (Fsp3) is 0.450. The van der Waals surface area contributed by atoms with Crippen LogP contribution in [0.4, 0.5) is 0 Å². The first-order valence-electron chi connectivity index (χ1n) is 8.73. The predicted octanol–water partition coefficient (Wildman–Crippen LogP) is 3.41. The normalized spacial score (nSPS) is 25.0. The molecule has 1 aliphatic carbocycles. The summed E-state index contributed by atoms with van der Waals surface area (Å²) in [6, 6.07) is 10.0. The van der Waals surface area contributed by atoms with Crippen LogP contribution >= 0.6 is 11.6 Å². The average Bonchev–Trinajstić information content (AvgIpc) is 2.71. The van der Waals surface area contributed by atoms with Gasteiger partial charge in [-0.15, -0.1) is 0 Å². The molecule has 2 heterocycles. The van der Waals surface area contributed by atoms with Gasteiger partial charge >= 0.3 is 0 Å². The molecule has 0 amide bonds. The molecule has 4 heteroatoms. The minimum absolute atomic E-state index is 0.181. The van der Waals surface area contributed by atoms with Crippen molar-refractivity contribution in [3.63, 3.8) is 0 Å². The van der Waals surface area contributed by atoms with Crippen molar-refractivity contribution in [1.29, 1.82) is 0 Å². The molecule has 0 unspecified atom stereocenters. The lowest BCUT2D eigenvalue weighted by Gasteiger charge is -2.41. The summed E-state index contributed by atoms with van der Waals surface area (Å²) in [4.78, 5) is 6.98. The van der Waals surface area contributed by atoms with Crippen molar-refractivity contribution in [2.75, 3.05) is 20.1 Å². The van der Waals surface area contributed by atoms with Crippen molar-refractivity contribution in [3.8, 4) is 0 Å². The van der Waals surface area contributed by atoms with E-state index >= 15 is 0 Å². The zero-order valence-electron chi connectivity index (χ0n) is 14.0. The summed E-state index contributed by atoms with van der Waals surface area (Å²) in [6.45, 7) is 2.02. The van der Waals surface area contributed by atoms with E-state index in [1.807, 2.05) is 24.3 Å². The van der Waals surface area contributed by atoms with Gasteiger partial charge in [-0.3, -0.25) is 4.98 Å². The summed E-state index contributed by atoms with van der Waals surface area (Å²) in [6.07, 6.45) is 5.55. The minimum atomic E-state index is -1.02. The van der Waals surface area contributed by atoms with Crippen molar-refractivity contribution in [3.05, 3.63) is 63.9 Å². The molecular weight excluding hydrogens is 320 g/mol. The number of pyridine rings is 1. The first-order valence-corrected chi connectivity index (χ1v) is 9.11. The van der Waals surface area contributed by atoms with Crippen LogP contribution in [0.15, 0.2) is 36.5 Å². The van der Waals surface area contributed by atoms with Gasteiger partial charge in [0.1, 0.15) is 5.60 Å². The Balaban J connectivity index is 1.90. The number of aryl methyl sites for hydroxylation is 2. The highest BCUT2D eigenvalue weighted by atomic mass is 35.5. The van der Waals surface area contributed by atoms with Crippen LogP contribution in [-0.2, 0) is 18.4 Å². The fourth-order valence-corrected chi connectivity index (χ4v) is 4.56. The predicted molar refractivity (Wildman–Crippen MR) is 96.3 cm³/mol. The molecule has 3 nitrogen and oxygen atoms in total. The second-order valence-electron chi connectivity index (χ2n) is 7.16. The minimum Gasteiger partial charge on any atom is -0.378 e. The number of rotatable bonds is 1. The number of benzene rings is 1. The van der Waals surface area contributed by atoms with E-state index in [1.54, 1.807) is 6.20 Å². The smallest absolute Gasteiger partial charge is 0.135 e. The highest BCUT2D eigenvalue weighted by Crippen LogP contribution is 2.45. The van der Waals surface area contributed by atoms with E-state index in [2.05, 4.69) is 23.0 Å². The van der Waals surface area contributed by atoms with Gasteiger partial charge in [0.15, 0.2) is 0 Å². The zero-order valence-corrected chi connectivity index (χ0v) is 14.8. The molecule has 2 aliphatic rings. The van der Waals surface area contributed by atoms with E-state index in [9.17, 15) is 5.11 Å². The Hall–Kier alpha value is -1.42. The molecule has 0 saturated carbocycles. The van der Waals surface area contributed by atoms with Gasteiger partial charge in [0, 0.05) is 17.1 Å². The number of hydrogen-bond acceptors (Lipinski definition) is 3. The number of aliphatic hydroxyl groups is 1. The van der Waals surface area contributed by atoms with E-state index in [4.69, 9.17) is 11.6 Å². The number of piperidine rings is 1. The monoisotopic (exact) mass is 342 g/mol. The quantitative estimate of drug-likeness (QED) is 0.862. The fourth-order valence-electron chi connectivity index (χ4n) is 4.36. The zero-order chi connectivity index (χ0) is 16.7. The molecule has 126 valence electrons. The van der Waals surface area contributed by atoms with Gasteiger partial charge in [-0.25, -0.2) is 0 Å². The molecule has 1 aliphatic heterocycles. The Morgan fingerprint density at radius 2 is 1.92 bits per heavy atom. The van der Waals surface area contributed by atoms with Crippen molar-refractivity contribution in [2.24, 2.45) is 5.92 Å². The van der Waals surface area contributed by atoms with Gasteiger partial charge in [-0.05, 0) is 80.7 Å². The van der Waals surface area contributed by atoms with Gasteiger partial charge < -0.3 is 10.0 Å². The van der Waals surface area contributed by atoms with Crippen LogP contribution in [0.25, 0.3) is 0 Å². The largest absolute Gasteiger partial charge is 0.378 e. The Labute approximate surface area is 148 Å². The maximum absolute atomic E-state index is 12.0. The van der Waals surface area contributed by atoms with E-state index in [0.717, 1.165) is 66.2 Å². The van der Waals surface area contributed by atoms with Gasteiger partial charge in [0.05, 0.1) is 5.69 Å². The standard InChI is InChI=1S/C20H23ClN2O/c1-23-11-8-16(9-12-23)20(24)18-7-6-17(21)13-15(18)5-4-14-3-2-10-22-19(14)20/h2-3,6-7,10,13,16,24H,4-5,8-9,11-12H2,1H3/t20-/m0/s1. The molecule has 0 bridgehead atoms. The van der Waals surface area contributed by atoms with Gasteiger partial charge in [0.25, 0.3) is 0 Å². The second kappa shape index (κ2) is 6.14. The molecule has 2 aromatic rings. The maximum atomic E-state index is 12.0. The number of nitrogens with zero attached hydrogens (tertiary/aromatic N) is 2. The van der Waals surface area contributed by atoms with Crippen molar-refractivity contribution < 1.29 is 5.11 Å². The third-order valence-corrected chi connectivity index (χ3v) is 5.94. The van der Waals surface area contributed by atoms with E-state index in [1.165, 1.54) is 0 Å². The van der Waals surface area contributed by atoms with Gasteiger partial charge in [0.2, 0.25) is 0 Å². The summed E-state index contributed by atoms with van der Waals surface area (Å²) in [7, 11) is 2.15. The van der Waals surface area contributed by atoms with Crippen molar-refractivity contribution in [2.45, 2.75) is 31.3 Å². The van der Waals surface area contributed by atoms with Crippen molar-refractivity contribution >= 4 is 11.6 Å². The maximum Gasteiger partial charge on any atom is 0.135 e. The summed E-state index contributed by atoms with van der Waals surface area (Å²) in [5.41, 5.74) is 3.14. The van der Waals surface area contributed by atoms with Gasteiger partial charge in [-0.1, -0.05) is 23.7 Å². The average molecular weight is 343 g/mol. The van der Waals surface area contributed by atoms with E-state index in [0.29, 0.717) is 0 Å². The summed E-state index contributed by atoms with van der Waals surface area (Å²) < 4.78 is 0. The van der Waals surface area contributed by atoms with E-state index in [-0.39, 0.29) is 5.92 Å². The Kier molecular flexibility index (Phi) is 4.11. The summed E-state index contributed by atoms with van der Waals surface area (Å²) in [5, 5.41) is 12.8. The summed E-state index contributed by atoms with van der Waals surface area (Å²) >= 11 is 6.24. The van der Waals surface area contributed by atoms with Crippen LogP contribution in [0.1, 0.15) is 35.2 Å². The lowest BCUT2D eigenvalue weighted by molar-refractivity contribution is -0.0148. The SMILES string of the molecule is CN1CCC([C@]2(O)c3ccc(Cl)cc3CCc3cccnc32)CC1. The topological polar surface area (TPSA) is 36.4 Å². The third kappa shape index (κ3) is 2.55. The van der Waals surface area contributed by atoms with Crippen LogP contribution in [0.2, 0.25) is 5.02 Å². The molecule has 0 spiro atoms. The first-order chi connectivity index (χ1) is 11.6. The van der Waals surface area contributed by atoms with Gasteiger partial charge in [-0.2, -0.15) is 0 Å². The molecule has 4 rings (SSSR count).